The van der Waals surface area contributed by atoms with Gasteiger partial charge in [-0.15, -0.1) is 0 Å². The number of amides is 2. The summed E-state index contributed by atoms with van der Waals surface area (Å²) in [6.07, 6.45) is 0.463. The van der Waals surface area contributed by atoms with E-state index in [0.29, 0.717) is 31.8 Å². The van der Waals surface area contributed by atoms with Crippen molar-refractivity contribution in [2.75, 3.05) is 19.6 Å². The van der Waals surface area contributed by atoms with E-state index in [0.717, 1.165) is 6.54 Å². The molecular weight excluding hydrogens is 238 g/mol. The van der Waals surface area contributed by atoms with Crippen LogP contribution in [0.5, 0.6) is 0 Å². The lowest BCUT2D eigenvalue weighted by Gasteiger charge is -2.16. The molecule has 0 radical (unpaired) electrons. The maximum atomic E-state index is 11.2. The Kier molecular flexibility index (Phi) is 3.90. The Labute approximate surface area is 103 Å². The molecule has 0 aromatic carbocycles. The van der Waals surface area contributed by atoms with Gasteiger partial charge in [0.05, 0.1) is 6.54 Å². The Morgan fingerprint density at radius 1 is 1.61 bits per heavy atom. The normalized spacial score (nSPS) is 17.1. The highest BCUT2D eigenvalue weighted by atomic mass is 16.5. The van der Waals surface area contributed by atoms with E-state index < -0.39 is 5.91 Å². The maximum Gasteiger partial charge on any atom is 0.287 e. The van der Waals surface area contributed by atoms with Gasteiger partial charge in [0, 0.05) is 32.1 Å². The van der Waals surface area contributed by atoms with Gasteiger partial charge in [-0.05, 0) is 0 Å². The Morgan fingerprint density at radius 3 is 3.22 bits per heavy atom. The number of carbonyl (C=O) groups is 2. The van der Waals surface area contributed by atoms with E-state index in [1.165, 1.54) is 0 Å². The number of hydrogen-bond acceptors (Lipinski definition) is 6. The molecule has 0 spiro atoms. The molecule has 1 saturated heterocycles. The van der Waals surface area contributed by atoms with Gasteiger partial charge in [0.15, 0.2) is 11.5 Å². The van der Waals surface area contributed by atoms with E-state index >= 15 is 0 Å². The van der Waals surface area contributed by atoms with Gasteiger partial charge in [-0.25, -0.2) is 5.84 Å². The van der Waals surface area contributed by atoms with Gasteiger partial charge in [0.2, 0.25) is 5.91 Å². The number of nitrogens with one attached hydrogen (secondary N) is 2. The van der Waals surface area contributed by atoms with Crippen molar-refractivity contribution in [3.63, 3.8) is 0 Å². The Morgan fingerprint density at radius 2 is 2.44 bits per heavy atom. The van der Waals surface area contributed by atoms with E-state index in [2.05, 4.69) is 15.4 Å². The molecule has 8 heteroatoms. The lowest BCUT2D eigenvalue weighted by molar-refractivity contribution is -0.120. The van der Waals surface area contributed by atoms with Crippen molar-refractivity contribution in [1.29, 1.82) is 0 Å². The summed E-state index contributed by atoms with van der Waals surface area (Å²) < 4.78 is 5.04. The molecule has 8 nitrogen and oxygen atoms in total. The highest BCUT2D eigenvalue weighted by molar-refractivity contribution is 5.91. The zero-order valence-corrected chi connectivity index (χ0v) is 9.81. The largest absolute Gasteiger partial charge is 0.359 e. The van der Waals surface area contributed by atoms with Crippen LogP contribution >= 0.6 is 0 Å². The second-order valence-corrected chi connectivity index (χ2v) is 4.03. The van der Waals surface area contributed by atoms with Crippen molar-refractivity contribution in [2.24, 2.45) is 5.84 Å². The predicted octanol–water partition coefficient (Wildman–Crippen LogP) is -1.40. The first kappa shape index (κ1) is 12.5. The molecule has 0 bridgehead atoms. The zero-order valence-electron chi connectivity index (χ0n) is 9.81. The van der Waals surface area contributed by atoms with Crippen LogP contribution < -0.4 is 16.6 Å². The molecule has 0 saturated carbocycles. The summed E-state index contributed by atoms with van der Waals surface area (Å²) in [5.41, 5.74) is 2.13. The number of carbonyl (C=O) groups excluding carboxylic acids is 2. The number of hydrogen-bond donors (Lipinski definition) is 3. The summed E-state index contributed by atoms with van der Waals surface area (Å²) in [5, 5.41) is 6.40. The molecule has 2 rings (SSSR count). The molecule has 2 amide bonds. The van der Waals surface area contributed by atoms with Crippen molar-refractivity contribution in [2.45, 2.75) is 13.0 Å². The van der Waals surface area contributed by atoms with Gasteiger partial charge < -0.3 is 9.84 Å². The molecule has 4 N–H and O–H groups in total. The number of nitrogens with zero attached hydrogens (tertiary/aromatic N) is 2. The molecule has 0 aliphatic carbocycles. The van der Waals surface area contributed by atoms with Gasteiger partial charge in [0.25, 0.3) is 5.91 Å². The highest BCUT2D eigenvalue weighted by Gasteiger charge is 2.17. The van der Waals surface area contributed by atoms with Crippen LogP contribution in [0.25, 0.3) is 0 Å². The molecule has 2 heterocycles. The predicted molar refractivity (Wildman–Crippen MR) is 61.1 cm³/mol. The topological polar surface area (TPSA) is 113 Å². The van der Waals surface area contributed by atoms with Crippen molar-refractivity contribution < 1.29 is 14.1 Å². The van der Waals surface area contributed by atoms with Crippen LogP contribution in [0.4, 0.5) is 0 Å². The number of aromatic nitrogens is 1. The standard InChI is InChI=1S/C10H15N5O3/c11-13-10(17)8-5-7(18-14-8)6-15-3-1-9(16)12-2-4-15/h5H,1-4,6,11H2,(H,12,16)(H,13,17). The molecule has 1 aromatic rings. The summed E-state index contributed by atoms with van der Waals surface area (Å²) in [6, 6.07) is 1.54. The third-order valence-electron chi connectivity index (χ3n) is 2.71. The molecule has 1 fully saturated rings. The van der Waals surface area contributed by atoms with E-state index in [1.807, 2.05) is 5.43 Å². The minimum atomic E-state index is -0.488. The fourth-order valence-corrected chi connectivity index (χ4v) is 1.76. The summed E-state index contributed by atoms with van der Waals surface area (Å²) in [6.45, 7) is 2.53. The molecule has 1 aromatic heterocycles. The number of rotatable bonds is 3. The van der Waals surface area contributed by atoms with Crippen LogP contribution in [0.3, 0.4) is 0 Å². The number of nitrogen functional groups attached to an aromatic ring is 1. The average Bonchev–Trinajstić information content (AvgIpc) is 2.73. The average molecular weight is 253 g/mol. The van der Waals surface area contributed by atoms with E-state index in [9.17, 15) is 9.59 Å². The molecule has 98 valence electrons. The number of nitrogens with two attached hydrogens (primary N) is 1. The third kappa shape index (κ3) is 3.05. The summed E-state index contributed by atoms with van der Waals surface area (Å²) >= 11 is 0. The molecule has 0 atom stereocenters. The van der Waals surface area contributed by atoms with E-state index in [1.54, 1.807) is 6.07 Å². The van der Waals surface area contributed by atoms with Crippen LogP contribution in [0.1, 0.15) is 22.7 Å². The molecular formula is C10H15N5O3. The first-order valence-electron chi connectivity index (χ1n) is 5.64. The zero-order chi connectivity index (χ0) is 13.0. The summed E-state index contributed by atoms with van der Waals surface area (Å²) in [7, 11) is 0. The smallest absolute Gasteiger partial charge is 0.287 e. The van der Waals surface area contributed by atoms with Crippen LogP contribution in [0.2, 0.25) is 0 Å². The fraction of sp³-hybridized carbons (Fsp3) is 0.500. The Bertz CT molecular complexity index is 444. The van der Waals surface area contributed by atoms with Crippen LogP contribution in [-0.4, -0.2) is 41.5 Å². The van der Waals surface area contributed by atoms with Gasteiger partial charge in [-0.1, -0.05) is 5.16 Å². The SMILES string of the molecule is NNC(=O)c1cc(CN2CCNC(=O)CC2)on1. The summed E-state index contributed by atoms with van der Waals surface area (Å²) in [4.78, 5) is 24.4. The van der Waals surface area contributed by atoms with Gasteiger partial charge in [0.1, 0.15) is 0 Å². The van der Waals surface area contributed by atoms with Crippen LogP contribution in [0, 0.1) is 0 Å². The lowest BCUT2D eigenvalue weighted by Crippen LogP contribution is -2.30. The van der Waals surface area contributed by atoms with Crippen LogP contribution in [-0.2, 0) is 11.3 Å². The van der Waals surface area contributed by atoms with Crippen molar-refractivity contribution in [3.8, 4) is 0 Å². The second kappa shape index (κ2) is 5.61. The molecule has 1 aliphatic heterocycles. The first-order valence-corrected chi connectivity index (χ1v) is 5.64. The van der Waals surface area contributed by atoms with Gasteiger partial charge in [-0.2, -0.15) is 0 Å². The number of hydrazine groups is 1. The maximum absolute atomic E-state index is 11.2. The van der Waals surface area contributed by atoms with E-state index in [4.69, 9.17) is 10.4 Å². The van der Waals surface area contributed by atoms with E-state index in [-0.39, 0.29) is 11.6 Å². The monoisotopic (exact) mass is 253 g/mol. The van der Waals surface area contributed by atoms with Crippen molar-refractivity contribution in [3.05, 3.63) is 17.5 Å². The Balaban J connectivity index is 1.94. The van der Waals surface area contributed by atoms with Gasteiger partial charge >= 0.3 is 0 Å². The molecule has 18 heavy (non-hydrogen) atoms. The fourth-order valence-electron chi connectivity index (χ4n) is 1.76. The van der Waals surface area contributed by atoms with Gasteiger partial charge in [-0.3, -0.25) is 19.9 Å². The third-order valence-corrected chi connectivity index (χ3v) is 2.71. The van der Waals surface area contributed by atoms with Crippen molar-refractivity contribution in [1.82, 2.24) is 20.8 Å². The second-order valence-electron chi connectivity index (χ2n) is 4.03. The lowest BCUT2D eigenvalue weighted by atomic mass is 10.3. The van der Waals surface area contributed by atoms with Crippen LogP contribution in [0.15, 0.2) is 10.6 Å². The summed E-state index contributed by atoms with van der Waals surface area (Å²) in [5.74, 6) is 5.13. The molecule has 1 aliphatic rings. The highest BCUT2D eigenvalue weighted by Crippen LogP contribution is 2.08. The van der Waals surface area contributed by atoms with Crippen molar-refractivity contribution >= 4 is 11.8 Å². The Hall–Kier alpha value is -1.93. The first-order chi connectivity index (χ1) is 8.69. The minimum Gasteiger partial charge on any atom is -0.359 e. The quantitative estimate of drug-likeness (QED) is 0.347. The molecule has 0 unspecified atom stereocenters. The minimum absolute atomic E-state index is 0.0540.